The summed E-state index contributed by atoms with van der Waals surface area (Å²) in [6, 6.07) is 24.4. The van der Waals surface area contributed by atoms with Crippen molar-refractivity contribution in [2.75, 3.05) is 16.4 Å². The molecule has 0 aliphatic carbocycles. The van der Waals surface area contributed by atoms with Crippen LogP contribution in [0.25, 0.3) is 0 Å². The van der Waals surface area contributed by atoms with Gasteiger partial charge in [-0.3, -0.25) is 30.3 Å². The molecule has 0 radical (unpaired) electrons. The Bertz CT molecular complexity index is 2360. The van der Waals surface area contributed by atoms with Crippen molar-refractivity contribution >= 4 is 102 Å². The Hall–Kier alpha value is -6.22. The zero-order valence-electron chi connectivity index (χ0n) is 28.4. The second-order valence-electron chi connectivity index (χ2n) is 10.8. The molecular formula is C37H30Br2N10O6S2. The van der Waals surface area contributed by atoms with Gasteiger partial charge in [-0.1, -0.05) is 31.7 Å². The van der Waals surface area contributed by atoms with Crippen molar-refractivity contribution < 1.29 is 24.1 Å². The first-order valence-electron chi connectivity index (χ1n) is 15.8. The zero-order valence-corrected chi connectivity index (χ0v) is 33.2. The number of rotatable bonds is 9. The van der Waals surface area contributed by atoms with Crippen LogP contribution in [0.3, 0.4) is 0 Å². The van der Waals surface area contributed by atoms with Crippen LogP contribution in [0.4, 0.5) is 32.3 Å². The Kier molecular flexibility index (Phi) is 16.2. The van der Waals surface area contributed by atoms with Gasteiger partial charge in [0.1, 0.15) is 5.56 Å². The summed E-state index contributed by atoms with van der Waals surface area (Å²) < 4.78 is 1.59. The molecule has 0 unspecified atom stereocenters. The Morgan fingerprint density at radius 1 is 0.596 bits per heavy atom. The first-order chi connectivity index (χ1) is 26.9. The Morgan fingerprint density at radius 3 is 1.40 bits per heavy atom. The number of nitrogens with one attached hydrogen (secondary N) is 4. The van der Waals surface area contributed by atoms with E-state index in [2.05, 4.69) is 73.1 Å². The Labute approximate surface area is 350 Å². The Morgan fingerprint density at radius 2 is 0.982 bits per heavy atom. The van der Waals surface area contributed by atoms with Gasteiger partial charge in [0.25, 0.3) is 17.5 Å². The average molecular weight is 935 g/mol. The quantitative estimate of drug-likeness (QED) is 0.0395. The molecule has 0 aliphatic heterocycles. The smallest absolute Gasteiger partial charge is 0.326 e. The third kappa shape index (κ3) is 13.5. The largest absolute Gasteiger partial charge is 0.398 e. The number of nitrogen functional groups attached to an aromatic ring is 1. The summed E-state index contributed by atoms with van der Waals surface area (Å²) >= 11 is 9.30. The van der Waals surface area contributed by atoms with Gasteiger partial charge in [0, 0.05) is 57.7 Å². The highest BCUT2D eigenvalue weighted by Gasteiger charge is 2.21. The van der Waals surface area contributed by atoms with E-state index >= 15 is 0 Å². The number of aromatic nitrogens is 4. The van der Waals surface area contributed by atoms with Crippen LogP contribution in [0.15, 0.2) is 151 Å². The van der Waals surface area contributed by atoms with E-state index in [9.17, 15) is 29.3 Å². The number of nitro benzene ring substituents is 1. The molecule has 6 rings (SSSR count). The molecule has 0 bridgehead atoms. The predicted octanol–water partition coefficient (Wildman–Crippen LogP) is 8.83. The molecule has 0 aliphatic rings. The van der Waals surface area contributed by atoms with E-state index in [1.54, 1.807) is 85.5 Å². The number of urea groups is 2. The molecule has 57 heavy (non-hydrogen) atoms. The summed E-state index contributed by atoms with van der Waals surface area (Å²) in [5.74, 6) is -1.43. The number of carbonyl (C=O) groups is 4. The number of anilines is 3. The molecule has 6 N–H and O–H groups in total. The topological polar surface area (TPSA) is 237 Å². The summed E-state index contributed by atoms with van der Waals surface area (Å²) in [4.78, 5) is 77.1. The van der Waals surface area contributed by atoms with E-state index in [4.69, 9.17) is 5.73 Å². The van der Waals surface area contributed by atoms with Crippen molar-refractivity contribution in [3.8, 4) is 0 Å². The van der Waals surface area contributed by atoms with E-state index in [0.717, 1.165) is 18.7 Å². The van der Waals surface area contributed by atoms with Gasteiger partial charge in [0.2, 0.25) is 0 Å². The summed E-state index contributed by atoms with van der Waals surface area (Å²) in [6.07, 6.45) is 6.63. The number of amides is 6. The number of hydrogen-bond donors (Lipinski definition) is 5. The molecule has 290 valence electrons. The van der Waals surface area contributed by atoms with Gasteiger partial charge in [-0.15, -0.1) is 0 Å². The molecule has 2 aromatic heterocycles. The maximum absolute atomic E-state index is 12.2. The molecule has 16 nitrogen and oxygen atoms in total. The number of nitrogens with two attached hydrogens (primary N) is 1. The minimum Gasteiger partial charge on any atom is -0.398 e. The number of imide groups is 2. The molecule has 0 fully saturated rings. The number of nitro groups is 1. The van der Waals surface area contributed by atoms with Crippen molar-refractivity contribution in [3.63, 3.8) is 0 Å². The lowest BCUT2D eigenvalue weighted by Crippen LogP contribution is -2.34. The number of para-hydroxylation sites is 2. The van der Waals surface area contributed by atoms with Crippen LogP contribution in [0.2, 0.25) is 0 Å². The molecule has 0 spiro atoms. The molecule has 0 saturated heterocycles. The average Bonchev–Trinajstić information content (AvgIpc) is 3.18. The van der Waals surface area contributed by atoms with Gasteiger partial charge in [0.15, 0.2) is 10.3 Å². The van der Waals surface area contributed by atoms with Crippen molar-refractivity contribution in [2.24, 2.45) is 0 Å². The minimum absolute atomic E-state index is 0. The summed E-state index contributed by atoms with van der Waals surface area (Å²) in [6.45, 7) is 0. The number of nitrogens with zero attached hydrogens (tertiary/aromatic N) is 5. The molecule has 6 amide bonds. The van der Waals surface area contributed by atoms with E-state index in [0.29, 0.717) is 27.4 Å². The van der Waals surface area contributed by atoms with Gasteiger partial charge in [-0.2, -0.15) is 0 Å². The van der Waals surface area contributed by atoms with Crippen LogP contribution >= 0.6 is 55.4 Å². The molecular weight excluding hydrogens is 904 g/mol. The van der Waals surface area contributed by atoms with Crippen LogP contribution in [0, 0.1) is 10.1 Å². The third-order valence-electron chi connectivity index (χ3n) is 6.84. The monoisotopic (exact) mass is 932 g/mol. The van der Waals surface area contributed by atoms with Crippen LogP contribution in [-0.2, 0) is 0 Å². The number of carbonyl (C=O) groups excluding carboxylic acids is 4. The number of hydrogen-bond acceptors (Lipinski definition) is 13. The molecule has 4 aromatic carbocycles. The summed E-state index contributed by atoms with van der Waals surface area (Å²) in [5, 5.41) is 21.6. The second-order valence-corrected chi connectivity index (χ2v) is 14.7. The summed E-state index contributed by atoms with van der Waals surface area (Å²) in [7, 11) is 0. The highest BCUT2D eigenvalue weighted by Crippen LogP contribution is 2.27. The maximum atomic E-state index is 12.2. The van der Waals surface area contributed by atoms with Gasteiger partial charge in [0.05, 0.1) is 19.4 Å². The fraction of sp³-hybridized carbons (Fsp3) is 0.0270. The van der Waals surface area contributed by atoms with Crippen molar-refractivity contribution in [1.82, 2.24) is 30.6 Å². The summed E-state index contributed by atoms with van der Waals surface area (Å²) in [5.41, 5.74) is 6.69. The molecule has 2 heterocycles. The van der Waals surface area contributed by atoms with E-state index in [1.807, 2.05) is 12.1 Å². The third-order valence-corrected chi connectivity index (χ3v) is 9.46. The zero-order chi connectivity index (χ0) is 40.0. The second kappa shape index (κ2) is 21.2. The van der Waals surface area contributed by atoms with Gasteiger partial charge in [-0.05, 0) is 122 Å². The first-order valence-corrected chi connectivity index (χ1v) is 19.0. The molecule has 20 heteroatoms. The van der Waals surface area contributed by atoms with Crippen molar-refractivity contribution in [3.05, 3.63) is 152 Å². The SMILES string of the molecule is C.Nc1ccccc1C(=O)NC(=O)Nc1ccc(Sc2ncc(Br)cn2)cc1.O=C(NC(=O)c1ccccc1[N+](=O)[O-])Nc1ccc(Sc2ncc(Br)cn2)cc1. The highest BCUT2D eigenvalue weighted by molar-refractivity contribution is 9.10. The van der Waals surface area contributed by atoms with Crippen molar-refractivity contribution in [2.45, 2.75) is 27.5 Å². The minimum atomic E-state index is -0.866. The fourth-order valence-electron chi connectivity index (χ4n) is 4.32. The van der Waals surface area contributed by atoms with Crippen LogP contribution in [0.1, 0.15) is 28.1 Å². The molecule has 0 atom stereocenters. The number of benzene rings is 4. The lowest BCUT2D eigenvalue weighted by Gasteiger charge is -2.08. The Balaban J connectivity index is 0.000000249. The van der Waals surface area contributed by atoms with Gasteiger partial charge >= 0.3 is 12.1 Å². The van der Waals surface area contributed by atoms with Crippen LogP contribution in [-0.4, -0.2) is 48.7 Å². The molecule has 6 aromatic rings. The predicted molar refractivity (Wildman–Crippen MR) is 224 cm³/mol. The highest BCUT2D eigenvalue weighted by atomic mass is 79.9. The number of halogens is 2. The van der Waals surface area contributed by atoms with Gasteiger partial charge < -0.3 is 16.4 Å². The molecule has 0 saturated carbocycles. The lowest BCUT2D eigenvalue weighted by atomic mass is 10.1. The normalized spacial score (nSPS) is 10.1. The lowest BCUT2D eigenvalue weighted by molar-refractivity contribution is -0.385. The fourth-order valence-corrected chi connectivity index (χ4v) is 6.12. The van der Waals surface area contributed by atoms with Gasteiger partial charge in [-0.25, -0.2) is 29.5 Å². The standard InChI is InChI=1S/C18H12BrN5O4S.C18H14BrN5O2S.CH4/c19-11-9-20-18(21-10-11)29-13-7-5-12(6-8-13)22-17(26)23-16(25)14-3-1-2-4-15(14)24(27)28;19-11-9-21-18(22-10-11)27-13-7-5-12(6-8-13)23-17(26)24-16(25)14-3-1-2-4-15(14)20;/h1-10H,(H2,22,23,25,26);1-10H,20H2,(H2,23,24,25,26);1H4. The van der Waals surface area contributed by atoms with E-state index < -0.39 is 28.8 Å². The van der Waals surface area contributed by atoms with Crippen LogP contribution in [0.5, 0.6) is 0 Å². The van der Waals surface area contributed by atoms with E-state index in [1.165, 1.54) is 47.8 Å². The van der Waals surface area contributed by atoms with Crippen molar-refractivity contribution in [1.29, 1.82) is 0 Å². The van der Waals surface area contributed by atoms with E-state index in [-0.39, 0.29) is 24.2 Å². The van der Waals surface area contributed by atoms with Crippen LogP contribution < -0.4 is 27.0 Å². The maximum Gasteiger partial charge on any atom is 0.326 e. The first kappa shape index (κ1) is 43.5.